The lowest BCUT2D eigenvalue weighted by Gasteiger charge is -2.28. The number of allylic oxidation sites excluding steroid dienone is 1. The minimum absolute atomic E-state index is 0.00275. The first-order valence-electron chi connectivity index (χ1n) is 16.4. The number of nitrogens with zero attached hydrogens (tertiary/aromatic N) is 6. The first-order valence-corrected chi connectivity index (χ1v) is 16.4. The monoisotopic (exact) mass is 670 g/mol. The van der Waals surface area contributed by atoms with E-state index >= 15 is 0 Å². The second kappa shape index (κ2) is 15.1. The molecule has 0 saturated heterocycles. The number of anilines is 5. The molecule has 1 aliphatic heterocycles. The number of carbonyl (C=O) groups is 3. The van der Waals surface area contributed by atoms with Gasteiger partial charge in [-0.25, -0.2) is 0 Å². The third-order valence-corrected chi connectivity index (χ3v) is 8.93. The summed E-state index contributed by atoms with van der Waals surface area (Å²) in [5.74, 6) is -1.11. The molecule has 0 spiro atoms. The van der Waals surface area contributed by atoms with Gasteiger partial charge in [-0.05, 0) is 66.6 Å². The molecule has 6 rings (SSSR count). The lowest BCUT2D eigenvalue weighted by atomic mass is 9.82. The van der Waals surface area contributed by atoms with Crippen LogP contribution in [0.25, 0.3) is 0 Å². The van der Waals surface area contributed by atoms with E-state index in [0.717, 1.165) is 17.7 Å². The number of rotatable bonds is 15. The molecular formula is C39H38N6O5. The maximum Gasteiger partial charge on any atom is 0.264 e. The SMILES string of the molecule is C[C@H](/C=C/CCn1cc(CCO)nn1)[C@@]1(O)C(=O)N(Cc2ccc(N(C=O)c3ccccc3)cc2)c2ccc(N(C=O)c3ccccc3)cc21. The Morgan fingerprint density at radius 1 is 0.840 bits per heavy atom. The lowest BCUT2D eigenvalue weighted by molar-refractivity contribution is -0.139. The molecule has 4 aromatic carbocycles. The Kier molecular flexibility index (Phi) is 10.3. The van der Waals surface area contributed by atoms with Crippen LogP contribution < -0.4 is 14.7 Å². The summed E-state index contributed by atoms with van der Waals surface area (Å²) in [6.07, 6.45) is 7.99. The minimum Gasteiger partial charge on any atom is -0.396 e. The largest absolute Gasteiger partial charge is 0.396 e. The zero-order valence-electron chi connectivity index (χ0n) is 27.6. The fourth-order valence-electron chi connectivity index (χ4n) is 6.23. The number of aryl methyl sites for hydroxylation is 1. The van der Waals surface area contributed by atoms with Gasteiger partial charge in [0, 0.05) is 60.0 Å². The number of aromatic nitrogens is 3. The zero-order chi connectivity index (χ0) is 35.1. The zero-order valence-corrected chi connectivity index (χ0v) is 27.6. The van der Waals surface area contributed by atoms with Crippen LogP contribution in [0.4, 0.5) is 28.4 Å². The van der Waals surface area contributed by atoms with Gasteiger partial charge in [-0.2, -0.15) is 0 Å². The number of aliphatic hydroxyl groups excluding tert-OH is 1. The van der Waals surface area contributed by atoms with Crippen LogP contribution in [0.15, 0.2) is 121 Å². The molecule has 1 aliphatic rings. The number of carbonyl (C=O) groups excluding carboxylic acids is 3. The number of para-hydroxylation sites is 2. The Morgan fingerprint density at radius 2 is 1.44 bits per heavy atom. The fraction of sp³-hybridized carbons (Fsp3) is 0.205. The molecule has 0 unspecified atom stereocenters. The van der Waals surface area contributed by atoms with Crippen molar-refractivity contribution in [2.24, 2.45) is 5.92 Å². The molecule has 11 heteroatoms. The summed E-state index contributed by atoms with van der Waals surface area (Å²) in [4.78, 5) is 43.2. The maximum absolute atomic E-state index is 14.3. The van der Waals surface area contributed by atoms with E-state index in [2.05, 4.69) is 10.3 Å². The highest BCUT2D eigenvalue weighted by molar-refractivity contribution is 6.08. The number of amides is 3. The Balaban J connectivity index is 1.29. The van der Waals surface area contributed by atoms with Gasteiger partial charge in [0.1, 0.15) is 0 Å². The van der Waals surface area contributed by atoms with Gasteiger partial charge in [0.05, 0.1) is 17.9 Å². The minimum atomic E-state index is -1.92. The van der Waals surface area contributed by atoms with Gasteiger partial charge in [0.2, 0.25) is 12.8 Å². The topological polar surface area (TPSA) is 132 Å². The van der Waals surface area contributed by atoms with Crippen LogP contribution in [0.5, 0.6) is 0 Å². The molecule has 50 heavy (non-hydrogen) atoms. The van der Waals surface area contributed by atoms with Crippen LogP contribution >= 0.6 is 0 Å². The number of hydrogen-bond donors (Lipinski definition) is 2. The van der Waals surface area contributed by atoms with E-state index in [4.69, 9.17) is 5.11 Å². The summed E-state index contributed by atoms with van der Waals surface area (Å²) in [6.45, 7) is 2.50. The lowest BCUT2D eigenvalue weighted by Crippen LogP contribution is -2.44. The van der Waals surface area contributed by atoms with Gasteiger partial charge in [0.25, 0.3) is 5.91 Å². The Labute approximate surface area is 290 Å². The second-order valence-electron chi connectivity index (χ2n) is 12.1. The molecule has 1 aromatic heterocycles. The predicted octanol–water partition coefficient (Wildman–Crippen LogP) is 5.42. The summed E-state index contributed by atoms with van der Waals surface area (Å²) in [7, 11) is 0. The molecule has 3 amide bonds. The van der Waals surface area contributed by atoms with E-state index in [-0.39, 0.29) is 13.2 Å². The van der Waals surface area contributed by atoms with Gasteiger partial charge in [-0.15, -0.1) is 5.10 Å². The predicted molar refractivity (Wildman–Crippen MR) is 191 cm³/mol. The van der Waals surface area contributed by atoms with E-state index in [1.165, 1.54) is 9.80 Å². The van der Waals surface area contributed by atoms with Gasteiger partial charge >= 0.3 is 0 Å². The summed E-state index contributed by atoms with van der Waals surface area (Å²) < 4.78 is 1.69. The molecule has 254 valence electrons. The Morgan fingerprint density at radius 3 is 2.06 bits per heavy atom. The summed E-state index contributed by atoms with van der Waals surface area (Å²) in [5.41, 5.74) is 3.10. The first kappa shape index (κ1) is 34.0. The van der Waals surface area contributed by atoms with Gasteiger partial charge in [-0.1, -0.05) is 72.8 Å². The number of benzene rings is 4. The van der Waals surface area contributed by atoms with E-state index in [0.29, 0.717) is 59.8 Å². The third kappa shape index (κ3) is 6.82. The number of fused-ring (bicyclic) bond motifs is 1. The molecule has 2 N–H and O–H groups in total. The van der Waals surface area contributed by atoms with Crippen molar-refractivity contribution >= 4 is 47.2 Å². The maximum atomic E-state index is 14.3. The van der Waals surface area contributed by atoms with Crippen LogP contribution in [0, 0.1) is 5.92 Å². The highest BCUT2D eigenvalue weighted by Gasteiger charge is 2.52. The molecule has 5 aromatic rings. The second-order valence-corrected chi connectivity index (χ2v) is 12.1. The molecular weight excluding hydrogens is 632 g/mol. The van der Waals surface area contributed by atoms with Crippen LogP contribution in [0.1, 0.15) is 30.2 Å². The third-order valence-electron chi connectivity index (χ3n) is 8.93. The summed E-state index contributed by atoms with van der Waals surface area (Å²) in [5, 5.41) is 29.7. The number of hydrogen-bond acceptors (Lipinski definition) is 7. The van der Waals surface area contributed by atoms with Gasteiger partial charge in [-0.3, -0.25) is 28.9 Å². The highest BCUT2D eigenvalue weighted by Crippen LogP contribution is 2.47. The molecule has 0 saturated carbocycles. The molecule has 2 atom stereocenters. The van der Waals surface area contributed by atoms with Crippen LogP contribution in [-0.4, -0.2) is 50.5 Å². The van der Waals surface area contributed by atoms with Crippen molar-refractivity contribution in [2.45, 2.75) is 38.5 Å². The van der Waals surface area contributed by atoms with Crippen molar-refractivity contribution < 1.29 is 24.6 Å². The van der Waals surface area contributed by atoms with E-state index in [9.17, 15) is 19.5 Å². The summed E-state index contributed by atoms with van der Waals surface area (Å²) in [6, 6.07) is 31.1. The van der Waals surface area contributed by atoms with Crippen molar-refractivity contribution in [3.63, 3.8) is 0 Å². The van der Waals surface area contributed by atoms with Crippen LogP contribution in [-0.2, 0) is 39.5 Å². The van der Waals surface area contributed by atoms with Crippen molar-refractivity contribution in [2.75, 3.05) is 21.3 Å². The quantitative estimate of drug-likeness (QED) is 0.112. The summed E-state index contributed by atoms with van der Waals surface area (Å²) >= 11 is 0. The van der Waals surface area contributed by atoms with Crippen molar-refractivity contribution in [3.05, 3.63) is 138 Å². The molecule has 0 fully saturated rings. The Bertz CT molecular complexity index is 1960. The fourth-order valence-corrected chi connectivity index (χ4v) is 6.23. The highest BCUT2D eigenvalue weighted by atomic mass is 16.3. The molecule has 0 radical (unpaired) electrons. The van der Waals surface area contributed by atoms with Crippen molar-refractivity contribution in [1.82, 2.24) is 15.0 Å². The molecule has 0 bridgehead atoms. The average Bonchev–Trinajstić information content (AvgIpc) is 3.69. The first-order chi connectivity index (χ1) is 24.4. The average molecular weight is 671 g/mol. The molecule has 11 nitrogen and oxygen atoms in total. The molecule has 0 aliphatic carbocycles. The smallest absolute Gasteiger partial charge is 0.264 e. The van der Waals surface area contributed by atoms with E-state index < -0.39 is 17.4 Å². The standard InChI is InChI=1S/C39H38N6O5/c1-29(10-8-9-22-42-26-31(21-23-46)40-41-42)39(50)36-24-35(45(28-48)33-13-6-3-7-14-33)19-20-37(36)43(38(39)49)25-30-15-17-34(18-16-30)44(27-47)32-11-4-2-5-12-32/h2-8,10-20,24,26-29,46,50H,9,21-23,25H2,1H3/b10-8+/t29-,39+/m1/s1. The van der Waals surface area contributed by atoms with E-state index in [1.54, 1.807) is 40.9 Å². The Hall–Kier alpha value is -5.91. The van der Waals surface area contributed by atoms with E-state index in [1.807, 2.05) is 97.1 Å². The van der Waals surface area contributed by atoms with Crippen LogP contribution in [0.2, 0.25) is 0 Å². The van der Waals surface area contributed by atoms with Crippen molar-refractivity contribution in [1.29, 1.82) is 0 Å². The van der Waals surface area contributed by atoms with Crippen molar-refractivity contribution in [3.8, 4) is 0 Å². The van der Waals surface area contributed by atoms with Crippen LogP contribution in [0.3, 0.4) is 0 Å². The number of aliphatic hydroxyl groups is 2. The molecule has 2 heterocycles. The van der Waals surface area contributed by atoms with Gasteiger partial charge in [0.15, 0.2) is 5.60 Å². The normalized spacial score (nSPS) is 16.0. The van der Waals surface area contributed by atoms with Gasteiger partial charge < -0.3 is 15.1 Å².